The molecule has 0 unspecified atom stereocenters. The summed E-state index contributed by atoms with van der Waals surface area (Å²) in [5.41, 5.74) is 7.35. The van der Waals surface area contributed by atoms with Gasteiger partial charge in [0.05, 0.1) is 25.4 Å². The van der Waals surface area contributed by atoms with E-state index in [0.717, 1.165) is 21.0 Å². The lowest BCUT2D eigenvalue weighted by Gasteiger charge is -2.06. The van der Waals surface area contributed by atoms with Crippen molar-refractivity contribution in [1.82, 2.24) is 9.97 Å². The highest BCUT2D eigenvalue weighted by Gasteiger charge is 2.12. The standard InChI is InChI=1S/C18H16N2S2/c1-9-5-11(3)13(6-10(9)2)18-20-15-8-16-14(7-17(15)22-18)19-12(4)21-16/h5-8H,1-4H3. The van der Waals surface area contributed by atoms with Gasteiger partial charge in [-0.2, -0.15) is 0 Å². The molecule has 110 valence electrons. The van der Waals surface area contributed by atoms with E-state index in [-0.39, 0.29) is 0 Å². The summed E-state index contributed by atoms with van der Waals surface area (Å²) < 4.78 is 2.43. The normalized spacial score (nSPS) is 11.6. The van der Waals surface area contributed by atoms with Gasteiger partial charge in [0.15, 0.2) is 0 Å². The van der Waals surface area contributed by atoms with Crippen molar-refractivity contribution in [2.75, 3.05) is 0 Å². The van der Waals surface area contributed by atoms with Crippen molar-refractivity contribution in [3.05, 3.63) is 46.0 Å². The lowest BCUT2D eigenvalue weighted by atomic mass is 10.0. The number of rotatable bonds is 1. The highest BCUT2D eigenvalue weighted by atomic mass is 32.1. The Hall–Kier alpha value is -1.78. The highest BCUT2D eigenvalue weighted by Crippen LogP contribution is 2.36. The van der Waals surface area contributed by atoms with Crippen LogP contribution in [0.3, 0.4) is 0 Å². The van der Waals surface area contributed by atoms with Gasteiger partial charge < -0.3 is 0 Å². The van der Waals surface area contributed by atoms with E-state index in [9.17, 15) is 0 Å². The van der Waals surface area contributed by atoms with Crippen LogP contribution in [0.4, 0.5) is 0 Å². The first-order valence-corrected chi connectivity index (χ1v) is 8.90. The second-order valence-corrected chi connectivity index (χ2v) is 8.06. The number of benzene rings is 2. The molecule has 2 heterocycles. The zero-order chi connectivity index (χ0) is 15.4. The average Bonchev–Trinajstić information content (AvgIpc) is 3.01. The van der Waals surface area contributed by atoms with E-state index in [1.165, 1.54) is 31.7 Å². The Morgan fingerprint density at radius 3 is 2.09 bits per heavy atom. The molecule has 2 aromatic carbocycles. The Balaban J connectivity index is 1.94. The van der Waals surface area contributed by atoms with Crippen molar-refractivity contribution in [3.63, 3.8) is 0 Å². The van der Waals surface area contributed by atoms with Crippen molar-refractivity contribution in [1.29, 1.82) is 0 Å². The Morgan fingerprint density at radius 1 is 0.682 bits per heavy atom. The van der Waals surface area contributed by atoms with E-state index in [2.05, 4.69) is 56.9 Å². The van der Waals surface area contributed by atoms with Gasteiger partial charge in [0.2, 0.25) is 0 Å². The minimum absolute atomic E-state index is 1.08. The van der Waals surface area contributed by atoms with Gasteiger partial charge in [0.25, 0.3) is 0 Å². The molecule has 0 aliphatic rings. The van der Waals surface area contributed by atoms with Gasteiger partial charge >= 0.3 is 0 Å². The molecule has 22 heavy (non-hydrogen) atoms. The number of aromatic nitrogens is 2. The predicted octanol–water partition coefficient (Wildman–Crippen LogP) is 5.81. The van der Waals surface area contributed by atoms with E-state index >= 15 is 0 Å². The Morgan fingerprint density at radius 2 is 1.32 bits per heavy atom. The van der Waals surface area contributed by atoms with Crippen LogP contribution in [0.15, 0.2) is 24.3 Å². The minimum atomic E-state index is 1.08. The molecule has 4 aromatic rings. The van der Waals surface area contributed by atoms with Gasteiger partial charge in [-0.3, -0.25) is 0 Å². The summed E-state index contributed by atoms with van der Waals surface area (Å²) in [4.78, 5) is 9.46. The van der Waals surface area contributed by atoms with E-state index < -0.39 is 0 Å². The zero-order valence-electron chi connectivity index (χ0n) is 13.0. The minimum Gasteiger partial charge on any atom is -0.241 e. The van der Waals surface area contributed by atoms with Crippen LogP contribution >= 0.6 is 22.7 Å². The molecular weight excluding hydrogens is 308 g/mol. The maximum absolute atomic E-state index is 4.87. The van der Waals surface area contributed by atoms with E-state index in [1.54, 1.807) is 22.7 Å². The van der Waals surface area contributed by atoms with Crippen molar-refractivity contribution in [3.8, 4) is 10.6 Å². The molecule has 4 rings (SSSR count). The number of hydrogen-bond donors (Lipinski definition) is 0. The molecule has 4 heteroatoms. The first-order valence-electron chi connectivity index (χ1n) is 7.27. The largest absolute Gasteiger partial charge is 0.241 e. The number of hydrogen-bond acceptors (Lipinski definition) is 4. The van der Waals surface area contributed by atoms with Gasteiger partial charge in [-0.25, -0.2) is 9.97 Å². The summed E-state index contributed by atoms with van der Waals surface area (Å²) in [6, 6.07) is 8.85. The number of fused-ring (bicyclic) bond motifs is 2. The van der Waals surface area contributed by atoms with E-state index in [4.69, 9.17) is 4.98 Å². The lowest BCUT2D eigenvalue weighted by Crippen LogP contribution is -1.88. The first kappa shape index (κ1) is 13.9. The Kier molecular flexibility index (Phi) is 3.06. The third-order valence-corrected chi connectivity index (χ3v) is 6.06. The summed E-state index contributed by atoms with van der Waals surface area (Å²) in [6.07, 6.45) is 0. The van der Waals surface area contributed by atoms with Gasteiger partial charge in [-0.15, -0.1) is 22.7 Å². The highest BCUT2D eigenvalue weighted by molar-refractivity contribution is 7.22. The van der Waals surface area contributed by atoms with Gasteiger partial charge in [0.1, 0.15) is 5.01 Å². The fraction of sp³-hybridized carbons (Fsp3) is 0.222. The quantitative estimate of drug-likeness (QED) is 0.442. The average molecular weight is 324 g/mol. The zero-order valence-corrected chi connectivity index (χ0v) is 14.7. The molecule has 0 N–H and O–H groups in total. The SMILES string of the molecule is Cc1nc2cc3sc(-c4cc(C)c(C)cc4C)nc3cc2s1. The fourth-order valence-electron chi connectivity index (χ4n) is 2.77. The van der Waals surface area contributed by atoms with Crippen LogP contribution in [-0.4, -0.2) is 9.97 Å². The summed E-state index contributed by atoms with van der Waals surface area (Å²) >= 11 is 3.49. The maximum Gasteiger partial charge on any atom is 0.124 e. The van der Waals surface area contributed by atoms with Crippen LogP contribution in [0, 0.1) is 27.7 Å². The van der Waals surface area contributed by atoms with Crippen molar-refractivity contribution in [2.45, 2.75) is 27.7 Å². The second kappa shape index (κ2) is 4.86. The van der Waals surface area contributed by atoms with Crippen LogP contribution in [0.2, 0.25) is 0 Å². The molecule has 0 atom stereocenters. The van der Waals surface area contributed by atoms with Gasteiger partial charge in [0, 0.05) is 5.56 Å². The molecule has 2 aromatic heterocycles. The van der Waals surface area contributed by atoms with Crippen molar-refractivity contribution in [2.24, 2.45) is 0 Å². The second-order valence-electron chi connectivity index (χ2n) is 5.79. The van der Waals surface area contributed by atoms with Crippen LogP contribution in [0.1, 0.15) is 21.7 Å². The number of aryl methyl sites for hydroxylation is 4. The van der Waals surface area contributed by atoms with E-state index in [0.29, 0.717) is 0 Å². The summed E-state index contributed by atoms with van der Waals surface area (Å²) in [5.74, 6) is 0. The molecular formula is C18H16N2S2. The monoisotopic (exact) mass is 324 g/mol. The van der Waals surface area contributed by atoms with Crippen LogP contribution < -0.4 is 0 Å². The van der Waals surface area contributed by atoms with Crippen LogP contribution in [0.25, 0.3) is 31.0 Å². The lowest BCUT2D eigenvalue weighted by molar-refractivity contribution is 1.29. The fourth-order valence-corrected chi connectivity index (χ4v) is 4.67. The maximum atomic E-state index is 4.87. The van der Waals surface area contributed by atoms with Gasteiger partial charge in [-0.1, -0.05) is 6.07 Å². The molecule has 0 amide bonds. The van der Waals surface area contributed by atoms with Gasteiger partial charge in [-0.05, 0) is 62.6 Å². The van der Waals surface area contributed by atoms with Crippen LogP contribution in [0.5, 0.6) is 0 Å². The third kappa shape index (κ3) is 2.14. The summed E-state index contributed by atoms with van der Waals surface area (Å²) in [6.45, 7) is 8.54. The summed E-state index contributed by atoms with van der Waals surface area (Å²) in [5, 5.41) is 2.21. The molecule has 0 aliphatic carbocycles. The first-order chi connectivity index (χ1) is 10.5. The van der Waals surface area contributed by atoms with E-state index in [1.807, 2.05) is 0 Å². The Labute approximate surface area is 137 Å². The van der Waals surface area contributed by atoms with Crippen molar-refractivity contribution >= 4 is 43.1 Å². The summed E-state index contributed by atoms with van der Waals surface area (Å²) in [7, 11) is 0. The topological polar surface area (TPSA) is 25.8 Å². The third-order valence-electron chi connectivity index (χ3n) is 4.08. The predicted molar refractivity (Wildman–Crippen MR) is 97.2 cm³/mol. The molecule has 0 radical (unpaired) electrons. The molecule has 0 saturated carbocycles. The molecule has 0 aliphatic heterocycles. The molecule has 0 bridgehead atoms. The van der Waals surface area contributed by atoms with Crippen molar-refractivity contribution < 1.29 is 0 Å². The number of nitrogens with zero attached hydrogens (tertiary/aromatic N) is 2. The smallest absolute Gasteiger partial charge is 0.124 e. The van der Waals surface area contributed by atoms with Crippen LogP contribution in [-0.2, 0) is 0 Å². The molecule has 0 fully saturated rings. The Bertz CT molecular complexity index is 974. The molecule has 0 saturated heterocycles. The molecule has 0 spiro atoms. The number of thiazole rings is 2. The molecule has 2 nitrogen and oxygen atoms in total.